The molecule has 2 N–H and O–H groups in total. The van der Waals surface area contributed by atoms with Crippen LogP contribution in [-0.4, -0.2) is 53.6 Å². The summed E-state index contributed by atoms with van der Waals surface area (Å²) < 4.78 is 33.5. The summed E-state index contributed by atoms with van der Waals surface area (Å²) in [5.41, 5.74) is 1.39. The van der Waals surface area contributed by atoms with Gasteiger partial charge in [-0.05, 0) is 62.6 Å². The van der Waals surface area contributed by atoms with Gasteiger partial charge in [0.25, 0.3) is 0 Å². The molecule has 0 spiro atoms. The van der Waals surface area contributed by atoms with E-state index in [1.807, 2.05) is 13.0 Å². The fourth-order valence-corrected chi connectivity index (χ4v) is 7.73. The van der Waals surface area contributed by atoms with E-state index >= 15 is 0 Å². The predicted molar refractivity (Wildman–Crippen MR) is 121 cm³/mol. The molecular formula is C22H26N4O4S2. The summed E-state index contributed by atoms with van der Waals surface area (Å²) in [5, 5.41) is 19.7. The Morgan fingerprint density at radius 2 is 1.91 bits per heavy atom. The highest BCUT2D eigenvalue weighted by Gasteiger charge is 2.56. The monoisotopic (exact) mass is 474 g/mol. The van der Waals surface area contributed by atoms with E-state index in [9.17, 15) is 13.5 Å². The lowest BCUT2D eigenvalue weighted by Crippen LogP contribution is -2.51. The number of aliphatic hydroxyl groups is 1. The molecule has 3 fully saturated rings. The second-order valence-electron chi connectivity index (χ2n) is 9.21. The maximum atomic E-state index is 13.2. The Balaban J connectivity index is 1.48. The van der Waals surface area contributed by atoms with Gasteiger partial charge in [0.05, 0.1) is 23.7 Å². The van der Waals surface area contributed by atoms with E-state index in [1.165, 1.54) is 18.4 Å². The van der Waals surface area contributed by atoms with Crippen LogP contribution in [0.1, 0.15) is 36.4 Å². The van der Waals surface area contributed by atoms with Crippen LogP contribution in [0.2, 0.25) is 0 Å². The molecule has 3 aromatic rings. The lowest BCUT2D eigenvalue weighted by atomic mass is 9.93. The van der Waals surface area contributed by atoms with Crippen molar-refractivity contribution in [3.63, 3.8) is 0 Å². The summed E-state index contributed by atoms with van der Waals surface area (Å²) in [7, 11) is -2.04. The van der Waals surface area contributed by atoms with Crippen LogP contribution in [0.15, 0.2) is 23.1 Å². The zero-order valence-corrected chi connectivity index (χ0v) is 19.7. The van der Waals surface area contributed by atoms with Gasteiger partial charge in [-0.15, -0.1) is 0 Å². The van der Waals surface area contributed by atoms with Crippen LogP contribution in [-0.2, 0) is 15.4 Å². The molecule has 2 aliphatic carbocycles. The third-order valence-corrected chi connectivity index (χ3v) is 10.2. The summed E-state index contributed by atoms with van der Waals surface area (Å²) in [5.74, 6) is 0.906. The number of ether oxygens (including phenoxy) is 1. The van der Waals surface area contributed by atoms with E-state index in [0.29, 0.717) is 18.8 Å². The normalized spacial score (nSPS) is 20.0. The number of aryl methyl sites for hydroxylation is 1. The highest BCUT2D eigenvalue weighted by Crippen LogP contribution is 2.58. The largest absolute Gasteiger partial charge is 0.495 e. The van der Waals surface area contributed by atoms with Crippen LogP contribution in [0.3, 0.4) is 0 Å². The summed E-state index contributed by atoms with van der Waals surface area (Å²) in [6, 6.07) is 5.22. The van der Waals surface area contributed by atoms with E-state index in [1.54, 1.807) is 16.6 Å². The SMILES string of the molecule is COc1ccc(-c2c(C)nc3sc(C(O)(C4CC4)C4CC4)nn23)cc1S(=O)(=O)C1CNC1. The van der Waals surface area contributed by atoms with Crippen LogP contribution in [0.25, 0.3) is 16.2 Å². The average molecular weight is 475 g/mol. The number of aromatic nitrogens is 3. The first-order valence-electron chi connectivity index (χ1n) is 11.1. The fraction of sp³-hybridized carbons (Fsp3) is 0.545. The number of nitrogens with zero attached hydrogens (tertiary/aromatic N) is 3. The van der Waals surface area contributed by atoms with Gasteiger partial charge in [0.1, 0.15) is 21.3 Å². The number of rotatable bonds is 7. The second kappa shape index (κ2) is 6.99. The number of nitrogens with one attached hydrogen (secondary N) is 1. The van der Waals surface area contributed by atoms with Crippen LogP contribution in [0.5, 0.6) is 5.75 Å². The number of benzene rings is 1. The van der Waals surface area contributed by atoms with Crippen LogP contribution >= 0.6 is 11.3 Å². The summed E-state index contributed by atoms with van der Waals surface area (Å²) in [4.78, 5) is 5.61. The average Bonchev–Trinajstić information content (AvgIpc) is 3.63. The molecule has 1 aliphatic heterocycles. The van der Waals surface area contributed by atoms with Crippen molar-refractivity contribution >= 4 is 26.1 Å². The molecule has 0 unspecified atom stereocenters. The number of hydrogen-bond acceptors (Lipinski definition) is 8. The molecule has 0 atom stereocenters. The number of sulfone groups is 1. The van der Waals surface area contributed by atoms with Crippen LogP contribution < -0.4 is 10.1 Å². The standard InChI is InChI=1S/C22H26N4O4S2/c1-12-19(13-3-8-17(30-2)18(9-13)32(28,29)16-10-23-11-16)26-21(24-12)31-20(25-26)22(27,14-4-5-14)15-6-7-15/h3,8-9,14-16,23,27H,4-7,10-11H2,1-2H3. The maximum absolute atomic E-state index is 13.2. The Morgan fingerprint density at radius 1 is 1.22 bits per heavy atom. The van der Waals surface area contributed by atoms with Crippen LogP contribution in [0.4, 0.5) is 0 Å². The number of hydrogen-bond donors (Lipinski definition) is 2. The van der Waals surface area contributed by atoms with Crippen molar-refractivity contribution in [1.82, 2.24) is 19.9 Å². The third kappa shape index (κ3) is 2.96. The van der Waals surface area contributed by atoms with Gasteiger partial charge in [0, 0.05) is 18.7 Å². The van der Waals surface area contributed by atoms with Crippen molar-refractivity contribution in [2.75, 3.05) is 20.2 Å². The Labute approximate surface area is 190 Å². The van der Waals surface area contributed by atoms with Gasteiger partial charge < -0.3 is 15.2 Å². The van der Waals surface area contributed by atoms with Crippen LogP contribution in [0, 0.1) is 18.8 Å². The number of imidazole rings is 1. The zero-order valence-electron chi connectivity index (χ0n) is 18.0. The van der Waals surface area contributed by atoms with E-state index in [-0.39, 0.29) is 16.7 Å². The van der Waals surface area contributed by atoms with Crippen molar-refractivity contribution in [1.29, 1.82) is 0 Å². The second-order valence-corrected chi connectivity index (χ2v) is 12.4. The molecule has 0 radical (unpaired) electrons. The van der Waals surface area contributed by atoms with Crippen molar-refractivity contribution in [2.24, 2.45) is 11.8 Å². The molecule has 2 saturated carbocycles. The number of methoxy groups -OCH3 is 1. The van der Waals surface area contributed by atoms with Gasteiger partial charge in [-0.2, -0.15) is 5.10 Å². The summed E-state index contributed by atoms with van der Waals surface area (Å²) >= 11 is 1.45. The van der Waals surface area contributed by atoms with E-state index < -0.39 is 20.7 Å². The molecule has 0 amide bonds. The van der Waals surface area contributed by atoms with Gasteiger partial charge in [0.2, 0.25) is 4.96 Å². The predicted octanol–water partition coefficient (Wildman–Crippen LogP) is 2.53. The fourth-order valence-electron chi connectivity index (χ4n) is 4.78. The Hall–Kier alpha value is -2.01. The molecule has 3 aliphatic rings. The molecular weight excluding hydrogens is 448 g/mol. The zero-order chi connectivity index (χ0) is 22.3. The minimum Gasteiger partial charge on any atom is -0.495 e. The molecule has 0 bridgehead atoms. The molecule has 1 saturated heterocycles. The molecule has 32 heavy (non-hydrogen) atoms. The van der Waals surface area contributed by atoms with Gasteiger partial charge in [-0.25, -0.2) is 17.9 Å². The van der Waals surface area contributed by atoms with E-state index in [2.05, 4.69) is 5.32 Å². The smallest absolute Gasteiger partial charge is 0.213 e. The van der Waals surface area contributed by atoms with E-state index in [4.69, 9.17) is 14.8 Å². The first-order chi connectivity index (χ1) is 15.3. The Morgan fingerprint density at radius 3 is 2.47 bits per heavy atom. The Kier molecular flexibility index (Phi) is 4.50. The quantitative estimate of drug-likeness (QED) is 0.542. The Bertz CT molecular complexity index is 1310. The minimum absolute atomic E-state index is 0.196. The molecule has 2 aromatic heterocycles. The van der Waals surface area contributed by atoms with Crippen molar-refractivity contribution in [3.8, 4) is 17.0 Å². The third-order valence-electron chi connectivity index (χ3n) is 7.05. The first kappa shape index (κ1) is 20.6. The molecule has 170 valence electrons. The number of fused-ring (bicyclic) bond motifs is 1. The molecule has 6 rings (SSSR count). The van der Waals surface area contributed by atoms with Gasteiger partial charge >= 0.3 is 0 Å². The lowest BCUT2D eigenvalue weighted by Gasteiger charge is -2.27. The summed E-state index contributed by atoms with van der Waals surface area (Å²) in [6.07, 6.45) is 4.15. The minimum atomic E-state index is -3.52. The van der Waals surface area contributed by atoms with Crippen molar-refractivity contribution < 1.29 is 18.3 Å². The molecule has 8 nitrogen and oxygen atoms in total. The molecule has 10 heteroatoms. The van der Waals surface area contributed by atoms with Crippen molar-refractivity contribution in [3.05, 3.63) is 28.9 Å². The van der Waals surface area contributed by atoms with E-state index in [0.717, 1.165) is 52.6 Å². The maximum Gasteiger partial charge on any atom is 0.213 e. The molecule has 1 aromatic carbocycles. The molecule has 3 heterocycles. The summed E-state index contributed by atoms with van der Waals surface area (Å²) in [6.45, 7) is 2.79. The highest BCUT2D eigenvalue weighted by atomic mass is 32.2. The topological polar surface area (TPSA) is 106 Å². The van der Waals surface area contributed by atoms with Gasteiger partial charge in [-0.1, -0.05) is 11.3 Å². The lowest BCUT2D eigenvalue weighted by molar-refractivity contribution is -0.0111. The van der Waals surface area contributed by atoms with Gasteiger partial charge in [0.15, 0.2) is 9.84 Å². The van der Waals surface area contributed by atoms with Crippen molar-refractivity contribution in [2.45, 2.75) is 48.4 Å². The highest BCUT2D eigenvalue weighted by molar-refractivity contribution is 7.92. The first-order valence-corrected chi connectivity index (χ1v) is 13.4. The van der Waals surface area contributed by atoms with Gasteiger partial charge in [-0.3, -0.25) is 0 Å².